The van der Waals surface area contributed by atoms with Crippen LogP contribution < -0.4 is 0 Å². The van der Waals surface area contributed by atoms with Crippen LogP contribution in [0.15, 0.2) is 60.7 Å². The standard InChI is InChI=1S/C30H40N2O2/c33-29(31-19-15-27(16-20-31)23-25-9-3-1-4-10-25)13-7-8-14-30(34)32-21-17-28(18-22-32)24-26-11-5-2-6-12-26/h1-6,9-12,27-28H,7-8,13-24H2. The van der Waals surface area contributed by atoms with Crippen molar-refractivity contribution in [1.29, 1.82) is 0 Å². The summed E-state index contributed by atoms with van der Waals surface area (Å²) in [6.07, 6.45) is 9.42. The highest BCUT2D eigenvalue weighted by molar-refractivity contribution is 5.77. The molecule has 2 aromatic rings. The van der Waals surface area contributed by atoms with Gasteiger partial charge in [0.2, 0.25) is 11.8 Å². The molecule has 2 saturated heterocycles. The molecule has 4 rings (SSSR count). The first-order chi connectivity index (χ1) is 16.7. The Balaban J connectivity index is 1.06. The van der Waals surface area contributed by atoms with Gasteiger partial charge in [-0.05, 0) is 74.3 Å². The summed E-state index contributed by atoms with van der Waals surface area (Å²) in [5.41, 5.74) is 2.80. The quantitative estimate of drug-likeness (QED) is 0.463. The molecule has 182 valence electrons. The second kappa shape index (κ2) is 12.7. The van der Waals surface area contributed by atoms with Crippen LogP contribution in [0.3, 0.4) is 0 Å². The normalized spacial score (nSPS) is 17.6. The molecular formula is C30H40N2O2. The molecule has 4 nitrogen and oxygen atoms in total. The zero-order valence-corrected chi connectivity index (χ0v) is 20.5. The fourth-order valence-corrected chi connectivity index (χ4v) is 5.54. The molecule has 0 aliphatic carbocycles. The summed E-state index contributed by atoms with van der Waals surface area (Å²) in [7, 11) is 0. The first kappa shape index (κ1) is 24.5. The summed E-state index contributed by atoms with van der Waals surface area (Å²) in [5, 5.41) is 0. The smallest absolute Gasteiger partial charge is 0.222 e. The van der Waals surface area contributed by atoms with Crippen LogP contribution in [0.1, 0.15) is 62.5 Å². The van der Waals surface area contributed by atoms with Gasteiger partial charge in [0.15, 0.2) is 0 Å². The lowest BCUT2D eigenvalue weighted by atomic mass is 9.90. The van der Waals surface area contributed by atoms with Crippen molar-refractivity contribution in [3.8, 4) is 0 Å². The van der Waals surface area contributed by atoms with Gasteiger partial charge in [-0.2, -0.15) is 0 Å². The Kier molecular flexibility index (Phi) is 9.18. The van der Waals surface area contributed by atoms with Crippen LogP contribution >= 0.6 is 0 Å². The summed E-state index contributed by atoms with van der Waals surface area (Å²) in [5.74, 6) is 1.90. The number of likely N-dealkylation sites (tertiary alicyclic amines) is 2. The Labute approximate surface area is 205 Å². The van der Waals surface area contributed by atoms with E-state index in [1.807, 2.05) is 9.80 Å². The van der Waals surface area contributed by atoms with Crippen LogP contribution in [-0.2, 0) is 22.4 Å². The molecule has 0 unspecified atom stereocenters. The summed E-state index contributed by atoms with van der Waals surface area (Å²) in [6.45, 7) is 3.53. The zero-order chi connectivity index (χ0) is 23.6. The lowest BCUT2D eigenvalue weighted by molar-refractivity contribution is -0.134. The highest BCUT2D eigenvalue weighted by atomic mass is 16.2. The number of rotatable bonds is 9. The van der Waals surface area contributed by atoms with E-state index in [9.17, 15) is 9.59 Å². The predicted molar refractivity (Wildman–Crippen MR) is 137 cm³/mol. The van der Waals surface area contributed by atoms with Crippen LogP contribution in [0.5, 0.6) is 0 Å². The van der Waals surface area contributed by atoms with Crippen molar-refractivity contribution in [3.05, 3.63) is 71.8 Å². The molecule has 0 radical (unpaired) electrons. The molecular weight excluding hydrogens is 420 g/mol. The molecule has 0 saturated carbocycles. The fraction of sp³-hybridized carbons (Fsp3) is 0.533. The molecule has 0 atom stereocenters. The van der Waals surface area contributed by atoms with Crippen LogP contribution in [-0.4, -0.2) is 47.8 Å². The van der Waals surface area contributed by atoms with Gasteiger partial charge in [0.05, 0.1) is 0 Å². The minimum atomic E-state index is 0.271. The minimum absolute atomic E-state index is 0.271. The lowest BCUT2D eigenvalue weighted by Gasteiger charge is -2.32. The Morgan fingerprint density at radius 1 is 0.588 bits per heavy atom. The van der Waals surface area contributed by atoms with Gasteiger partial charge in [-0.1, -0.05) is 60.7 Å². The summed E-state index contributed by atoms with van der Waals surface area (Å²) in [4.78, 5) is 29.3. The Morgan fingerprint density at radius 3 is 1.29 bits per heavy atom. The van der Waals surface area contributed by atoms with E-state index in [4.69, 9.17) is 0 Å². The molecule has 2 aliphatic rings. The van der Waals surface area contributed by atoms with Crippen molar-refractivity contribution >= 4 is 11.8 Å². The molecule has 0 aromatic heterocycles. The van der Waals surface area contributed by atoms with E-state index in [1.165, 1.54) is 11.1 Å². The topological polar surface area (TPSA) is 40.6 Å². The molecule has 0 spiro atoms. The van der Waals surface area contributed by atoms with Gasteiger partial charge in [0, 0.05) is 39.0 Å². The summed E-state index contributed by atoms with van der Waals surface area (Å²) < 4.78 is 0. The Morgan fingerprint density at radius 2 is 0.941 bits per heavy atom. The van der Waals surface area contributed by atoms with Crippen molar-refractivity contribution in [3.63, 3.8) is 0 Å². The van der Waals surface area contributed by atoms with Crippen molar-refractivity contribution in [1.82, 2.24) is 9.80 Å². The molecule has 0 bridgehead atoms. The SMILES string of the molecule is O=C(CCCCC(=O)N1CCC(Cc2ccccc2)CC1)N1CCC(Cc2ccccc2)CC1. The maximum Gasteiger partial charge on any atom is 0.222 e. The largest absolute Gasteiger partial charge is 0.343 e. The van der Waals surface area contributed by atoms with Crippen LogP contribution in [0.25, 0.3) is 0 Å². The van der Waals surface area contributed by atoms with Gasteiger partial charge in [-0.15, -0.1) is 0 Å². The van der Waals surface area contributed by atoms with E-state index in [0.29, 0.717) is 24.7 Å². The lowest BCUT2D eigenvalue weighted by Crippen LogP contribution is -2.39. The number of unbranched alkanes of at least 4 members (excludes halogenated alkanes) is 1. The zero-order valence-electron chi connectivity index (χ0n) is 20.5. The van der Waals surface area contributed by atoms with Gasteiger partial charge >= 0.3 is 0 Å². The molecule has 2 heterocycles. The number of piperidine rings is 2. The average Bonchev–Trinajstić information content (AvgIpc) is 2.88. The van der Waals surface area contributed by atoms with Crippen molar-refractivity contribution < 1.29 is 9.59 Å². The number of carbonyl (C=O) groups is 2. The van der Waals surface area contributed by atoms with E-state index < -0.39 is 0 Å². The molecule has 2 aliphatic heterocycles. The van der Waals surface area contributed by atoms with Gasteiger partial charge in [-0.25, -0.2) is 0 Å². The monoisotopic (exact) mass is 460 g/mol. The highest BCUT2D eigenvalue weighted by Crippen LogP contribution is 2.24. The number of amides is 2. The van der Waals surface area contributed by atoms with Gasteiger partial charge in [0.1, 0.15) is 0 Å². The first-order valence-corrected chi connectivity index (χ1v) is 13.3. The number of benzene rings is 2. The molecule has 2 amide bonds. The molecule has 2 aromatic carbocycles. The van der Waals surface area contributed by atoms with E-state index >= 15 is 0 Å². The summed E-state index contributed by atoms with van der Waals surface area (Å²) in [6, 6.07) is 21.3. The average molecular weight is 461 g/mol. The number of carbonyl (C=O) groups excluding carboxylic acids is 2. The third-order valence-corrected chi connectivity index (χ3v) is 7.70. The van der Waals surface area contributed by atoms with Gasteiger partial charge in [0.25, 0.3) is 0 Å². The first-order valence-electron chi connectivity index (χ1n) is 13.3. The van der Waals surface area contributed by atoms with Crippen molar-refractivity contribution in [2.75, 3.05) is 26.2 Å². The van der Waals surface area contributed by atoms with Crippen LogP contribution in [0.4, 0.5) is 0 Å². The van der Waals surface area contributed by atoms with Gasteiger partial charge < -0.3 is 9.80 Å². The highest BCUT2D eigenvalue weighted by Gasteiger charge is 2.24. The summed E-state index contributed by atoms with van der Waals surface area (Å²) >= 11 is 0. The molecule has 4 heteroatoms. The van der Waals surface area contributed by atoms with Crippen LogP contribution in [0, 0.1) is 11.8 Å². The predicted octanol–water partition coefficient (Wildman–Crippen LogP) is 5.51. The Bertz CT molecular complexity index is 807. The van der Waals surface area contributed by atoms with Crippen molar-refractivity contribution in [2.45, 2.75) is 64.2 Å². The fourth-order valence-electron chi connectivity index (χ4n) is 5.54. The molecule has 34 heavy (non-hydrogen) atoms. The van der Waals surface area contributed by atoms with Crippen LogP contribution in [0.2, 0.25) is 0 Å². The molecule has 0 N–H and O–H groups in total. The maximum absolute atomic E-state index is 12.6. The number of hydrogen-bond acceptors (Lipinski definition) is 2. The minimum Gasteiger partial charge on any atom is -0.343 e. The van der Waals surface area contributed by atoms with Gasteiger partial charge in [-0.3, -0.25) is 9.59 Å². The van der Waals surface area contributed by atoms with E-state index in [2.05, 4.69) is 60.7 Å². The number of nitrogens with zero attached hydrogens (tertiary/aromatic N) is 2. The third kappa shape index (κ3) is 7.44. The van der Waals surface area contributed by atoms with E-state index in [-0.39, 0.29) is 11.8 Å². The second-order valence-electron chi connectivity index (χ2n) is 10.2. The Hall–Kier alpha value is -2.62. The molecule has 2 fully saturated rings. The number of hydrogen-bond donors (Lipinski definition) is 0. The van der Waals surface area contributed by atoms with E-state index in [0.717, 1.165) is 77.5 Å². The maximum atomic E-state index is 12.6. The van der Waals surface area contributed by atoms with Crippen molar-refractivity contribution in [2.24, 2.45) is 11.8 Å². The second-order valence-corrected chi connectivity index (χ2v) is 10.2. The van der Waals surface area contributed by atoms with E-state index in [1.54, 1.807) is 0 Å². The third-order valence-electron chi connectivity index (χ3n) is 7.70.